The highest BCUT2D eigenvalue weighted by molar-refractivity contribution is 6.30. The Balaban J connectivity index is 1.43. The van der Waals surface area contributed by atoms with Gasteiger partial charge in [-0.25, -0.2) is 4.39 Å². The predicted octanol–water partition coefficient (Wildman–Crippen LogP) is 3.52. The van der Waals surface area contributed by atoms with Crippen molar-refractivity contribution in [1.82, 2.24) is 15.5 Å². The van der Waals surface area contributed by atoms with Gasteiger partial charge < -0.3 is 29.7 Å². The third-order valence-corrected chi connectivity index (χ3v) is 7.19. The zero-order valence-electron chi connectivity index (χ0n) is 22.3. The number of nitrogens with one attached hydrogen (secondary N) is 2. The molecule has 41 heavy (non-hydrogen) atoms. The summed E-state index contributed by atoms with van der Waals surface area (Å²) < 4.78 is 31.7. The number of fused-ring (bicyclic) bond motifs is 5. The van der Waals surface area contributed by atoms with Crippen LogP contribution in [0, 0.1) is 5.82 Å². The average molecular weight is 582 g/mol. The Kier molecular flexibility index (Phi) is 8.58. The fourth-order valence-electron chi connectivity index (χ4n) is 4.91. The van der Waals surface area contributed by atoms with Gasteiger partial charge in [0.05, 0.1) is 19.6 Å². The lowest BCUT2D eigenvalue weighted by molar-refractivity contribution is -0.133. The van der Waals surface area contributed by atoms with E-state index in [1.165, 1.54) is 25.3 Å². The second-order valence-electron chi connectivity index (χ2n) is 9.90. The van der Waals surface area contributed by atoms with Crippen LogP contribution >= 0.6 is 11.6 Å². The van der Waals surface area contributed by atoms with Gasteiger partial charge in [-0.15, -0.1) is 0 Å². The van der Waals surface area contributed by atoms with E-state index in [-0.39, 0.29) is 49.1 Å². The smallest absolute Gasteiger partial charge is 0.258 e. The molecule has 9 nitrogen and oxygen atoms in total. The normalized spacial score (nSPS) is 19.1. The van der Waals surface area contributed by atoms with E-state index in [2.05, 4.69) is 10.6 Å². The first-order valence-electron chi connectivity index (χ1n) is 13.1. The number of piperidine rings is 1. The molecule has 214 valence electrons. The molecule has 2 N–H and O–H groups in total. The minimum atomic E-state index is -0.606. The van der Waals surface area contributed by atoms with Crippen molar-refractivity contribution in [3.8, 4) is 17.2 Å². The molecule has 0 aromatic heterocycles. The van der Waals surface area contributed by atoms with Crippen molar-refractivity contribution in [3.63, 3.8) is 0 Å². The molecule has 2 atom stereocenters. The largest absolute Gasteiger partial charge is 0.493 e. The van der Waals surface area contributed by atoms with Crippen LogP contribution in [0.5, 0.6) is 17.2 Å². The SMILES string of the molecule is COc1ccc2cc1OCC(=O)NCc1cc(F)cc(c1)O[C@@H]1CCN(C(=O)Cc3cccc(Cl)c3)C[C@@H]1NC2=O. The Labute approximate surface area is 241 Å². The molecule has 0 spiro atoms. The van der Waals surface area contributed by atoms with E-state index in [1.54, 1.807) is 41.3 Å². The van der Waals surface area contributed by atoms with Crippen LogP contribution in [-0.2, 0) is 22.6 Å². The van der Waals surface area contributed by atoms with Crippen molar-refractivity contribution in [2.24, 2.45) is 0 Å². The van der Waals surface area contributed by atoms with Crippen molar-refractivity contribution < 1.29 is 33.0 Å². The zero-order chi connectivity index (χ0) is 28.9. The molecular weight excluding hydrogens is 553 g/mol. The van der Waals surface area contributed by atoms with Gasteiger partial charge in [0.1, 0.15) is 17.7 Å². The number of carbonyl (C=O) groups excluding carboxylic acids is 3. The first-order chi connectivity index (χ1) is 19.8. The summed E-state index contributed by atoms with van der Waals surface area (Å²) in [6, 6.07) is 15.3. The quantitative estimate of drug-likeness (QED) is 0.490. The van der Waals surface area contributed by atoms with Gasteiger partial charge in [-0.3, -0.25) is 14.4 Å². The number of likely N-dealkylation sites (tertiary alicyclic amines) is 1. The maximum Gasteiger partial charge on any atom is 0.258 e. The van der Waals surface area contributed by atoms with Gasteiger partial charge in [0.25, 0.3) is 11.8 Å². The van der Waals surface area contributed by atoms with Crippen LogP contribution in [-0.4, -0.2) is 61.6 Å². The summed E-state index contributed by atoms with van der Waals surface area (Å²) in [6.45, 7) is 0.293. The molecule has 3 amide bonds. The molecule has 11 heteroatoms. The Bertz CT molecular complexity index is 1470. The van der Waals surface area contributed by atoms with Crippen LogP contribution in [0.4, 0.5) is 4.39 Å². The van der Waals surface area contributed by atoms with Crippen molar-refractivity contribution >= 4 is 29.3 Å². The maximum absolute atomic E-state index is 14.5. The third-order valence-electron chi connectivity index (χ3n) is 6.96. The first kappa shape index (κ1) is 28.2. The van der Waals surface area contributed by atoms with Crippen molar-refractivity contribution in [2.75, 3.05) is 26.8 Å². The molecule has 0 radical (unpaired) electrons. The minimum Gasteiger partial charge on any atom is -0.493 e. The molecule has 2 aliphatic heterocycles. The minimum absolute atomic E-state index is 0.0596. The predicted molar refractivity (Wildman–Crippen MR) is 149 cm³/mol. The number of rotatable bonds is 3. The Morgan fingerprint density at radius 2 is 2.00 bits per heavy atom. The lowest BCUT2D eigenvalue weighted by Crippen LogP contribution is -2.58. The molecule has 3 aromatic rings. The van der Waals surface area contributed by atoms with Gasteiger partial charge >= 0.3 is 0 Å². The van der Waals surface area contributed by atoms with Crippen LogP contribution in [0.15, 0.2) is 60.7 Å². The number of hydrogen-bond acceptors (Lipinski definition) is 6. The number of amides is 3. The molecule has 1 fully saturated rings. The number of methoxy groups -OCH3 is 1. The van der Waals surface area contributed by atoms with Gasteiger partial charge in [-0.05, 0) is 53.6 Å². The van der Waals surface area contributed by atoms with Crippen LogP contribution in [0.25, 0.3) is 0 Å². The number of benzene rings is 3. The Morgan fingerprint density at radius 3 is 2.80 bits per heavy atom. The molecule has 0 aliphatic carbocycles. The summed E-state index contributed by atoms with van der Waals surface area (Å²) in [7, 11) is 1.45. The monoisotopic (exact) mass is 581 g/mol. The molecule has 3 aromatic carbocycles. The van der Waals surface area contributed by atoms with Crippen molar-refractivity contribution in [2.45, 2.75) is 31.5 Å². The van der Waals surface area contributed by atoms with E-state index in [4.69, 9.17) is 25.8 Å². The highest BCUT2D eigenvalue weighted by atomic mass is 35.5. The summed E-state index contributed by atoms with van der Waals surface area (Å²) in [4.78, 5) is 40.7. The van der Waals surface area contributed by atoms with E-state index >= 15 is 0 Å². The standard InChI is InChI=1S/C30H29ClFN3O6/c1-39-26-6-5-20-13-27(26)40-17-28(36)33-15-19-10-22(32)14-23(11-19)41-25-7-8-35(16-24(25)34-30(20)38)29(37)12-18-3-2-4-21(31)9-18/h2-6,9-11,13-14,24-25H,7-8,12,15-17H2,1H3,(H,33,36)(H,34,38)/t24-,25+/m0/s1. The van der Waals surface area contributed by atoms with Crippen LogP contribution in [0.2, 0.25) is 5.02 Å². The molecule has 0 unspecified atom stereocenters. The van der Waals surface area contributed by atoms with Crippen molar-refractivity contribution in [3.05, 3.63) is 88.2 Å². The molecule has 1 saturated heterocycles. The number of hydrogen-bond donors (Lipinski definition) is 2. The van der Waals surface area contributed by atoms with Crippen molar-refractivity contribution in [1.29, 1.82) is 0 Å². The second kappa shape index (κ2) is 12.5. The zero-order valence-corrected chi connectivity index (χ0v) is 23.1. The number of carbonyl (C=O) groups is 3. The highest BCUT2D eigenvalue weighted by Crippen LogP contribution is 2.29. The molecule has 0 saturated carbocycles. The third kappa shape index (κ3) is 7.07. The molecular formula is C30H29ClFN3O6. The van der Waals surface area contributed by atoms with Gasteiger partial charge in [-0.2, -0.15) is 0 Å². The molecule has 2 heterocycles. The summed E-state index contributed by atoms with van der Waals surface area (Å²) in [6.07, 6.45) is -0.00302. The van der Waals surface area contributed by atoms with Gasteiger partial charge in [0.2, 0.25) is 5.91 Å². The Morgan fingerprint density at radius 1 is 1.15 bits per heavy atom. The topological polar surface area (TPSA) is 106 Å². The Hall–Kier alpha value is -4.31. The number of nitrogens with zero attached hydrogens (tertiary/aromatic N) is 1. The summed E-state index contributed by atoms with van der Waals surface area (Å²) >= 11 is 6.09. The molecule has 2 aliphatic rings. The van der Waals surface area contributed by atoms with Gasteiger partial charge in [-0.1, -0.05) is 23.7 Å². The van der Waals surface area contributed by atoms with Crippen LogP contribution < -0.4 is 24.8 Å². The van der Waals surface area contributed by atoms with E-state index in [1.807, 2.05) is 6.07 Å². The second-order valence-corrected chi connectivity index (χ2v) is 10.3. The first-order valence-corrected chi connectivity index (χ1v) is 13.5. The summed E-state index contributed by atoms with van der Waals surface area (Å²) in [5.74, 6) is -0.693. The van der Waals surface area contributed by atoms with Gasteiger partial charge in [0, 0.05) is 42.7 Å². The molecule has 5 rings (SSSR count). The lowest BCUT2D eigenvalue weighted by atomic mass is 9.99. The maximum atomic E-state index is 14.5. The summed E-state index contributed by atoms with van der Waals surface area (Å²) in [5.41, 5.74) is 1.55. The van der Waals surface area contributed by atoms with E-state index in [0.717, 1.165) is 5.56 Å². The number of ether oxygens (including phenoxy) is 3. The average Bonchev–Trinajstić information content (AvgIpc) is 2.95. The molecule has 4 bridgehead atoms. The van der Waals surface area contributed by atoms with E-state index in [9.17, 15) is 18.8 Å². The summed E-state index contributed by atoms with van der Waals surface area (Å²) in [5, 5.41) is 6.23. The van der Waals surface area contributed by atoms with E-state index < -0.39 is 29.8 Å². The fraction of sp³-hybridized carbons (Fsp3) is 0.300. The fourth-order valence-corrected chi connectivity index (χ4v) is 5.13. The van der Waals surface area contributed by atoms with E-state index in [0.29, 0.717) is 29.3 Å². The van der Waals surface area contributed by atoms with Gasteiger partial charge in [0.15, 0.2) is 18.1 Å². The van der Waals surface area contributed by atoms with Crippen LogP contribution in [0.1, 0.15) is 27.9 Å². The van der Waals surface area contributed by atoms with Crippen LogP contribution in [0.3, 0.4) is 0 Å². The lowest BCUT2D eigenvalue weighted by Gasteiger charge is -2.39. The number of halogens is 2. The highest BCUT2D eigenvalue weighted by Gasteiger charge is 2.34.